The third-order valence-corrected chi connectivity index (χ3v) is 3.29. The van der Waals surface area contributed by atoms with E-state index < -0.39 is 0 Å². The molecule has 3 rings (SSSR count). The first-order valence-corrected chi connectivity index (χ1v) is 6.11. The van der Waals surface area contributed by atoms with E-state index in [0.29, 0.717) is 18.8 Å². The van der Waals surface area contributed by atoms with Crippen molar-refractivity contribution in [1.29, 1.82) is 0 Å². The van der Waals surface area contributed by atoms with Crippen molar-refractivity contribution in [3.05, 3.63) is 40.3 Å². The van der Waals surface area contributed by atoms with E-state index in [1.54, 1.807) is 0 Å². The number of aliphatic hydroxyl groups excluding tert-OH is 1. The Bertz CT molecular complexity index is 623. The zero-order chi connectivity index (χ0) is 12.5. The number of aromatic amines is 1. The molecular weight excluding hydrogens is 230 g/mol. The fourth-order valence-electron chi connectivity index (χ4n) is 2.34. The Labute approximate surface area is 104 Å². The molecular formula is C13H15N3O2. The van der Waals surface area contributed by atoms with Crippen molar-refractivity contribution >= 4 is 11.0 Å². The summed E-state index contributed by atoms with van der Waals surface area (Å²) in [5, 5.41) is 9.47. The summed E-state index contributed by atoms with van der Waals surface area (Å²) < 4.78 is 0. The molecule has 1 aliphatic heterocycles. The fraction of sp³-hybridized carbons (Fsp3) is 0.385. The Hall–Kier alpha value is -1.72. The molecule has 0 bridgehead atoms. The molecule has 0 radical (unpaired) electrons. The van der Waals surface area contributed by atoms with Gasteiger partial charge in [0.25, 0.3) is 5.56 Å². The third kappa shape index (κ3) is 2.14. The van der Waals surface area contributed by atoms with Crippen molar-refractivity contribution in [3.8, 4) is 0 Å². The van der Waals surface area contributed by atoms with Crippen LogP contribution in [-0.4, -0.2) is 39.2 Å². The molecule has 1 saturated heterocycles. The summed E-state index contributed by atoms with van der Waals surface area (Å²) in [4.78, 5) is 21.2. The summed E-state index contributed by atoms with van der Waals surface area (Å²) in [6.07, 6.45) is 0.496. The highest BCUT2D eigenvalue weighted by Gasteiger charge is 2.21. The summed E-state index contributed by atoms with van der Waals surface area (Å²) in [7, 11) is 0. The number of aromatic nitrogens is 2. The first-order valence-electron chi connectivity index (χ1n) is 6.11. The minimum absolute atomic E-state index is 0.143. The van der Waals surface area contributed by atoms with Gasteiger partial charge in [-0.2, -0.15) is 0 Å². The lowest BCUT2D eigenvalue weighted by Gasteiger charge is -2.13. The number of benzene rings is 1. The number of aliphatic hydroxyl groups is 1. The monoisotopic (exact) mass is 245 g/mol. The van der Waals surface area contributed by atoms with Crippen LogP contribution in [0.4, 0.5) is 0 Å². The van der Waals surface area contributed by atoms with Crippen LogP contribution in [0.5, 0.6) is 0 Å². The van der Waals surface area contributed by atoms with Crippen LogP contribution in [0.15, 0.2) is 29.1 Å². The number of β-amino-alcohol motifs (C(OH)–C–C–N with tert-alkyl or cyclic N) is 1. The molecule has 0 saturated carbocycles. The number of likely N-dealkylation sites (tertiary alicyclic amines) is 1. The lowest BCUT2D eigenvalue weighted by atomic mass is 10.3. The molecule has 0 unspecified atom stereocenters. The highest BCUT2D eigenvalue weighted by atomic mass is 16.3. The summed E-state index contributed by atoms with van der Waals surface area (Å²) in [5.74, 6) is 0. The van der Waals surface area contributed by atoms with Crippen LogP contribution in [0.3, 0.4) is 0 Å². The van der Waals surface area contributed by atoms with E-state index in [-0.39, 0.29) is 11.7 Å². The molecule has 1 aromatic heterocycles. The van der Waals surface area contributed by atoms with Crippen LogP contribution in [-0.2, 0) is 6.54 Å². The molecule has 5 nitrogen and oxygen atoms in total. The van der Waals surface area contributed by atoms with Crippen molar-refractivity contribution in [2.24, 2.45) is 0 Å². The van der Waals surface area contributed by atoms with E-state index >= 15 is 0 Å². The van der Waals surface area contributed by atoms with Gasteiger partial charge in [0.1, 0.15) is 5.69 Å². The average molecular weight is 245 g/mol. The van der Waals surface area contributed by atoms with Gasteiger partial charge in [0.2, 0.25) is 0 Å². The highest BCUT2D eigenvalue weighted by molar-refractivity contribution is 5.73. The topological polar surface area (TPSA) is 69.2 Å². The highest BCUT2D eigenvalue weighted by Crippen LogP contribution is 2.12. The van der Waals surface area contributed by atoms with Gasteiger partial charge < -0.3 is 10.1 Å². The number of fused-ring (bicyclic) bond motifs is 1. The molecule has 2 aromatic rings. The molecule has 1 atom stereocenters. The smallest absolute Gasteiger partial charge is 0.271 e. The van der Waals surface area contributed by atoms with Crippen molar-refractivity contribution in [3.63, 3.8) is 0 Å². The minimum Gasteiger partial charge on any atom is -0.392 e. The van der Waals surface area contributed by atoms with E-state index in [1.165, 1.54) is 0 Å². The molecule has 1 fully saturated rings. The van der Waals surface area contributed by atoms with E-state index in [9.17, 15) is 9.90 Å². The number of H-pyrrole nitrogens is 1. The first-order chi connectivity index (χ1) is 8.72. The first kappa shape index (κ1) is 11.4. The van der Waals surface area contributed by atoms with Gasteiger partial charge in [-0.15, -0.1) is 0 Å². The van der Waals surface area contributed by atoms with Crippen molar-refractivity contribution < 1.29 is 5.11 Å². The Morgan fingerprint density at radius 2 is 2.28 bits per heavy atom. The second-order valence-corrected chi connectivity index (χ2v) is 4.71. The van der Waals surface area contributed by atoms with E-state index in [0.717, 1.165) is 24.0 Å². The van der Waals surface area contributed by atoms with Crippen LogP contribution in [0.2, 0.25) is 0 Å². The lowest BCUT2D eigenvalue weighted by Crippen LogP contribution is -2.27. The van der Waals surface area contributed by atoms with Crippen LogP contribution in [0, 0.1) is 0 Å². The summed E-state index contributed by atoms with van der Waals surface area (Å²) in [5.41, 5.74) is 1.93. The third-order valence-electron chi connectivity index (χ3n) is 3.29. The van der Waals surface area contributed by atoms with E-state index in [1.807, 2.05) is 24.3 Å². The number of hydrogen-bond donors (Lipinski definition) is 2. The second kappa shape index (κ2) is 4.51. The molecule has 94 valence electrons. The van der Waals surface area contributed by atoms with Gasteiger partial charge in [-0.3, -0.25) is 9.69 Å². The van der Waals surface area contributed by atoms with Crippen LogP contribution < -0.4 is 5.56 Å². The second-order valence-electron chi connectivity index (χ2n) is 4.71. The van der Waals surface area contributed by atoms with Gasteiger partial charge in [0.05, 0.1) is 17.1 Å². The standard InChI is InChI=1S/C13H15N3O2/c17-9-5-6-16(7-9)8-12-13(18)15-11-4-2-1-3-10(11)14-12/h1-4,9,17H,5-8H2,(H,15,18)/t9-/m1/s1. The lowest BCUT2D eigenvalue weighted by molar-refractivity contribution is 0.174. The largest absolute Gasteiger partial charge is 0.392 e. The van der Waals surface area contributed by atoms with Gasteiger partial charge in [-0.1, -0.05) is 12.1 Å². The molecule has 0 spiro atoms. The molecule has 18 heavy (non-hydrogen) atoms. The fourth-order valence-corrected chi connectivity index (χ4v) is 2.34. The van der Waals surface area contributed by atoms with Crippen LogP contribution in [0.25, 0.3) is 11.0 Å². The van der Waals surface area contributed by atoms with Crippen molar-refractivity contribution in [1.82, 2.24) is 14.9 Å². The van der Waals surface area contributed by atoms with Crippen LogP contribution in [0.1, 0.15) is 12.1 Å². The van der Waals surface area contributed by atoms with Gasteiger partial charge in [0.15, 0.2) is 0 Å². The number of rotatable bonds is 2. The van der Waals surface area contributed by atoms with E-state index in [4.69, 9.17) is 0 Å². The molecule has 0 amide bonds. The summed E-state index contributed by atoms with van der Waals surface area (Å²) in [6.45, 7) is 1.93. The van der Waals surface area contributed by atoms with Gasteiger partial charge in [-0.25, -0.2) is 4.98 Å². The van der Waals surface area contributed by atoms with Crippen molar-refractivity contribution in [2.45, 2.75) is 19.1 Å². The molecule has 5 heteroatoms. The van der Waals surface area contributed by atoms with Gasteiger partial charge in [-0.05, 0) is 18.6 Å². The summed E-state index contributed by atoms with van der Waals surface area (Å²) in [6, 6.07) is 7.49. The molecule has 1 aromatic carbocycles. The zero-order valence-electron chi connectivity index (χ0n) is 9.97. The van der Waals surface area contributed by atoms with Gasteiger partial charge >= 0.3 is 0 Å². The summed E-state index contributed by atoms with van der Waals surface area (Å²) >= 11 is 0. The predicted molar refractivity (Wildman–Crippen MR) is 68.3 cm³/mol. The molecule has 1 aliphatic rings. The number of nitrogens with zero attached hydrogens (tertiary/aromatic N) is 2. The Kier molecular flexibility index (Phi) is 2.85. The quantitative estimate of drug-likeness (QED) is 0.808. The SMILES string of the molecule is O=c1[nH]c2ccccc2nc1CN1CC[C@@H](O)C1. The maximum Gasteiger partial charge on any atom is 0.271 e. The maximum atomic E-state index is 11.9. The predicted octanol–water partition coefficient (Wildman–Crippen LogP) is 0.490. The normalized spacial score (nSPS) is 20.6. The molecule has 0 aliphatic carbocycles. The zero-order valence-corrected chi connectivity index (χ0v) is 9.97. The van der Waals surface area contributed by atoms with Crippen LogP contribution >= 0.6 is 0 Å². The Balaban J connectivity index is 1.92. The Morgan fingerprint density at radius 1 is 1.44 bits per heavy atom. The molecule has 2 heterocycles. The van der Waals surface area contributed by atoms with Crippen molar-refractivity contribution in [2.75, 3.05) is 13.1 Å². The van der Waals surface area contributed by atoms with E-state index in [2.05, 4.69) is 14.9 Å². The van der Waals surface area contributed by atoms with Gasteiger partial charge in [0, 0.05) is 19.6 Å². The maximum absolute atomic E-state index is 11.9. The number of para-hydroxylation sites is 2. The molecule has 2 N–H and O–H groups in total. The number of nitrogens with one attached hydrogen (secondary N) is 1. The Morgan fingerprint density at radius 3 is 3.06 bits per heavy atom. The minimum atomic E-state index is -0.274. The number of hydrogen-bond acceptors (Lipinski definition) is 4. The average Bonchev–Trinajstić information content (AvgIpc) is 2.76.